The van der Waals surface area contributed by atoms with Crippen LogP contribution in [0.4, 0.5) is 11.4 Å². The van der Waals surface area contributed by atoms with E-state index in [4.69, 9.17) is 16.3 Å². The van der Waals surface area contributed by atoms with Gasteiger partial charge in [-0.25, -0.2) is 4.79 Å². The van der Waals surface area contributed by atoms with E-state index in [-0.39, 0.29) is 18.2 Å². The summed E-state index contributed by atoms with van der Waals surface area (Å²) in [5.74, 6) is -1.20. The summed E-state index contributed by atoms with van der Waals surface area (Å²) in [6.07, 6.45) is 0.893. The average molecular weight is 415 g/mol. The van der Waals surface area contributed by atoms with E-state index in [1.807, 2.05) is 26.0 Å². The first kappa shape index (κ1) is 20.9. The number of aryl methyl sites for hydroxylation is 1. The van der Waals surface area contributed by atoms with Gasteiger partial charge in [-0.05, 0) is 55.3 Å². The lowest BCUT2D eigenvalue weighted by atomic mass is 10.1. The van der Waals surface area contributed by atoms with Crippen LogP contribution in [0, 0.1) is 12.8 Å². The van der Waals surface area contributed by atoms with Gasteiger partial charge in [-0.1, -0.05) is 24.6 Å². The molecule has 1 atom stereocenters. The molecule has 1 aliphatic rings. The summed E-state index contributed by atoms with van der Waals surface area (Å²) in [5.41, 5.74) is 2.61. The Balaban J connectivity index is 1.62. The van der Waals surface area contributed by atoms with E-state index < -0.39 is 11.9 Å². The van der Waals surface area contributed by atoms with Crippen LogP contribution in [0.25, 0.3) is 0 Å². The minimum atomic E-state index is -0.461. The lowest BCUT2D eigenvalue weighted by Gasteiger charge is -2.17. The van der Waals surface area contributed by atoms with Crippen molar-refractivity contribution >= 4 is 40.8 Å². The Bertz CT molecular complexity index is 927. The van der Waals surface area contributed by atoms with Crippen LogP contribution in [0.3, 0.4) is 0 Å². The Morgan fingerprint density at radius 2 is 1.93 bits per heavy atom. The minimum absolute atomic E-state index is 0.112. The molecule has 3 rings (SSSR count). The molecular weight excluding hydrogens is 392 g/mol. The van der Waals surface area contributed by atoms with E-state index in [9.17, 15) is 14.4 Å². The van der Waals surface area contributed by atoms with Crippen LogP contribution in [-0.2, 0) is 14.3 Å². The summed E-state index contributed by atoms with van der Waals surface area (Å²) >= 11 is 6.16. The SMILES string of the molecule is CCCOC(=O)c1ccc(NC(=O)[C@H]2CC(=O)N(c3ccc(C)c(Cl)c3)C2)cc1. The van der Waals surface area contributed by atoms with Crippen LogP contribution in [0.15, 0.2) is 42.5 Å². The molecule has 0 aromatic heterocycles. The van der Waals surface area contributed by atoms with E-state index >= 15 is 0 Å². The van der Waals surface area contributed by atoms with Crippen LogP contribution in [-0.4, -0.2) is 30.9 Å². The minimum Gasteiger partial charge on any atom is -0.462 e. The van der Waals surface area contributed by atoms with Gasteiger partial charge in [0.05, 0.1) is 18.1 Å². The third kappa shape index (κ3) is 4.95. The molecule has 1 heterocycles. The first-order valence-electron chi connectivity index (χ1n) is 9.53. The fraction of sp³-hybridized carbons (Fsp3) is 0.318. The first-order valence-corrected chi connectivity index (χ1v) is 9.91. The summed E-state index contributed by atoms with van der Waals surface area (Å²) in [6, 6.07) is 11.9. The topological polar surface area (TPSA) is 75.7 Å². The van der Waals surface area contributed by atoms with Crippen molar-refractivity contribution in [1.29, 1.82) is 0 Å². The predicted octanol–water partition coefficient (Wildman–Crippen LogP) is 4.21. The fourth-order valence-corrected chi connectivity index (χ4v) is 3.27. The standard InChI is InChI=1S/C22H23ClN2O4/c1-3-10-29-22(28)15-5-7-17(8-6-15)24-21(27)16-11-20(26)25(13-16)18-9-4-14(2)19(23)12-18/h4-9,12,16H,3,10-11,13H2,1-2H3,(H,24,27)/t16-/m0/s1. The number of nitrogens with one attached hydrogen (secondary N) is 1. The largest absolute Gasteiger partial charge is 0.462 e. The second-order valence-corrected chi connectivity index (χ2v) is 7.45. The molecule has 1 N–H and O–H groups in total. The number of carbonyl (C=O) groups is 3. The molecule has 0 saturated carbocycles. The maximum atomic E-state index is 12.6. The van der Waals surface area contributed by atoms with Gasteiger partial charge in [0, 0.05) is 29.4 Å². The molecule has 6 nitrogen and oxygen atoms in total. The van der Waals surface area contributed by atoms with Crippen molar-refractivity contribution < 1.29 is 19.1 Å². The molecule has 2 amide bonds. The van der Waals surface area contributed by atoms with Gasteiger partial charge in [0.1, 0.15) is 0 Å². The van der Waals surface area contributed by atoms with Crippen molar-refractivity contribution in [2.45, 2.75) is 26.7 Å². The smallest absolute Gasteiger partial charge is 0.338 e. The van der Waals surface area contributed by atoms with Gasteiger partial charge >= 0.3 is 5.97 Å². The molecule has 2 aromatic carbocycles. The summed E-state index contributed by atoms with van der Waals surface area (Å²) in [6.45, 7) is 4.48. The maximum Gasteiger partial charge on any atom is 0.338 e. The number of benzene rings is 2. The van der Waals surface area contributed by atoms with Crippen LogP contribution in [0.5, 0.6) is 0 Å². The van der Waals surface area contributed by atoms with Crippen LogP contribution in [0.2, 0.25) is 5.02 Å². The molecule has 0 aliphatic carbocycles. The van der Waals surface area contributed by atoms with Crippen molar-refractivity contribution in [3.63, 3.8) is 0 Å². The molecule has 1 fully saturated rings. The fourth-order valence-electron chi connectivity index (χ4n) is 3.09. The van der Waals surface area contributed by atoms with Gasteiger partial charge in [-0.2, -0.15) is 0 Å². The number of amides is 2. The average Bonchev–Trinajstić information content (AvgIpc) is 3.10. The van der Waals surface area contributed by atoms with Crippen molar-refractivity contribution in [1.82, 2.24) is 0 Å². The highest BCUT2D eigenvalue weighted by Crippen LogP contribution is 2.29. The van der Waals surface area contributed by atoms with Crippen molar-refractivity contribution in [2.24, 2.45) is 5.92 Å². The Kier molecular flexibility index (Phi) is 6.54. The number of hydrogen-bond acceptors (Lipinski definition) is 4. The van der Waals surface area contributed by atoms with Gasteiger partial charge in [-0.3, -0.25) is 9.59 Å². The van der Waals surface area contributed by atoms with Crippen molar-refractivity contribution in [2.75, 3.05) is 23.4 Å². The number of hydrogen-bond donors (Lipinski definition) is 1. The molecule has 0 unspecified atom stereocenters. The number of nitrogens with zero attached hydrogens (tertiary/aromatic N) is 1. The third-order valence-electron chi connectivity index (χ3n) is 4.79. The maximum absolute atomic E-state index is 12.6. The molecule has 2 aromatic rings. The zero-order valence-electron chi connectivity index (χ0n) is 16.4. The zero-order chi connectivity index (χ0) is 21.0. The molecule has 0 spiro atoms. The van der Waals surface area contributed by atoms with Crippen LogP contribution < -0.4 is 10.2 Å². The monoisotopic (exact) mass is 414 g/mol. The summed E-state index contributed by atoms with van der Waals surface area (Å²) < 4.78 is 5.08. The molecule has 0 radical (unpaired) electrons. The summed E-state index contributed by atoms with van der Waals surface area (Å²) in [5, 5.41) is 3.39. The third-order valence-corrected chi connectivity index (χ3v) is 5.20. The molecule has 7 heteroatoms. The van der Waals surface area contributed by atoms with E-state index in [0.717, 1.165) is 12.0 Å². The Morgan fingerprint density at radius 3 is 2.59 bits per heavy atom. The van der Waals surface area contributed by atoms with Gasteiger partial charge in [0.15, 0.2) is 0 Å². The summed E-state index contributed by atoms with van der Waals surface area (Å²) in [4.78, 5) is 38.4. The number of rotatable bonds is 6. The van der Waals surface area contributed by atoms with Crippen molar-refractivity contribution in [3.05, 3.63) is 58.6 Å². The highest BCUT2D eigenvalue weighted by Gasteiger charge is 2.35. The quantitative estimate of drug-likeness (QED) is 0.718. The van der Waals surface area contributed by atoms with E-state index in [2.05, 4.69) is 5.32 Å². The van der Waals surface area contributed by atoms with E-state index in [1.54, 1.807) is 35.2 Å². The first-order chi connectivity index (χ1) is 13.9. The number of carbonyl (C=O) groups excluding carboxylic acids is 3. The highest BCUT2D eigenvalue weighted by molar-refractivity contribution is 6.31. The molecule has 0 bridgehead atoms. The predicted molar refractivity (Wildman–Crippen MR) is 112 cm³/mol. The van der Waals surface area contributed by atoms with Gasteiger partial charge in [0.2, 0.25) is 11.8 Å². The van der Waals surface area contributed by atoms with Crippen LogP contribution in [0.1, 0.15) is 35.7 Å². The molecule has 152 valence electrons. The van der Waals surface area contributed by atoms with Crippen LogP contribution >= 0.6 is 11.6 Å². The lowest BCUT2D eigenvalue weighted by Crippen LogP contribution is -2.28. The second kappa shape index (κ2) is 9.09. The van der Waals surface area contributed by atoms with Crippen molar-refractivity contribution in [3.8, 4) is 0 Å². The molecular formula is C22H23ClN2O4. The van der Waals surface area contributed by atoms with Gasteiger partial charge < -0.3 is 15.0 Å². The van der Waals surface area contributed by atoms with Gasteiger partial charge in [-0.15, -0.1) is 0 Å². The van der Waals surface area contributed by atoms with Gasteiger partial charge in [0.25, 0.3) is 0 Å². The zero-order valence-corrected chi connectivity index (χ0v) is 17.2. The number of esters is 1. The molecule has 1 saturated heterocycles. The lowest BCUT2D eigenvalue weighted by molar-refractivity contribution is -0.122. The van der Waals surface area contributed by atoms with E-state index in [1.165, 1.54) is 0 Å². The Labute approximate surface area is 174 Å². The number of ether oxygens (including phenoxy) is 1. The summed E-state index contributed by atoms with van der Waals surface area (Å²) in [7, 11) is 0. The normalized spacial score (nSPS) is 16.0. The Morgan fingerprint density at radius 1 is 1.21 bits per heavy atom. The Hall–Kier alpha value is -2.86. The van der Waals surface area contributed by atoms with E-state index in [0.29, 0.717) is 35.1 Å². The number of anilines is 2. The molecule has 1 aliphatic heterocycles. The molecule has 29 heavy (non-hydrogen) atoms. The highest BCUT2D eigenvalue weighted by atomic mass is 35.5. The second-order valence-electron chi connectivity index (χ2n) is 7.04. The number of halogens is 1.